The van der Waals surface area contributed by atoms with E-state index >= 15 is 0 Å². The number of halogens is 5. The van der Waals surface area contributed by atoms with Gasteiger partial charge in [0, 0.05) is 6.42 Å². The van der Waals surface area contributed by atoms with Gasteiger partial charge >= 0.3 is 0 Å². The number of benzene rings is 1. The molecule has 0 aliphatic rings. The fraction of sp³-hybridized carbons (Fsp3) is 0.182. The molecule has 2 heterocycles. The Balaban J connectivity index is 2.30. The normalized spacial score (nSPS) is 11.5. The molecule has 0 saturated heterocycles. The molecule has 0 bridgehead atoms. The summed E-state index contributed by atoms with van der Waals surface area (Å²) < 4.78 is 68.0. The van der Waals surface area contributed by atoms with E-state index in [-0.39, 0.29) is 9.97 Å². The van der Waals surface area contributed by atoms with E-state index in [0.29, 0.717) is 23.6 Å². The van der Waals surface area contributed by atoms with Crippen LogP contribution in [-0.2, 0) is 6.42 Å². The maximum Gasteiger partial charge on any atom is 0.234 e. The Morgan fingerprint density at radius 3 is 2.05 bits per heavy atom. The number of rotatable bonds is 2. The molecule has 0 aliphatic carbocycles. The lowest BCUT2D eigenvalue weighted by molar-refractivity contribution is 0.381. The average Bonchev–Trinajstić information content (AvgIpc) is 3.03. The topological polar surface area (TPSA) is 43.1 Å². The minimum atomic E-state index is -2.20. The Kier molecular flexibility index (Phi) is 3.12. The van der Waals surface area contributed by atoms with Gasteiger partial charge in [-0.1, -0.05) is 18.3 Å². The highest BCUT2D eigenvalue weighted by molar-refractivity contribution is 7.19. The zero-order valence-corrected chi connectivity index (χ0v) is 11.1. The predicted octanol–water partition coefficient (Wildman–Crippen LogP) is 3.11. The second kappa shape index (κ2) is 4.72. The molecule has 0 atom stereocenters. The van der Waals surface area contributed by atoms with Gasteiger partial charge in [0.1, 0.15) is 0 Å². The second-order valence-electron chi connectivity index (χ2n) is 4.02. The van der Waals surface area contributed by atoms with Gasteiger partial charge in [0.25, 0.3) is 0 Å². The van der Waals surface area contributed by atoms with Gasteiger partial charge in [-0.2, -0.15) is 9.61 Å². The van der Waals surface area contributed by atoms with Crippen molar-refractivity contribution < 1.29 is 22.0 Å². The van der Waals surface area contributed by atoms with E-state index in [9.17, 15) is 22.0 Å². The molecule has 0 unspecified atom stereocenters. The van der Waals surface area contributed by atoms with Crippen LogP contribution in [0.5, 0.6) is 0 Å². The lowest BCUT2D eigenvalue weighted by Crippen LogP contribution is -2.04. The van der Waals surface area contributed by atoms with Crippen LogP contribution in [0.2, 0.25) is 0 Å². The summed E-state index contributed by atoms with van der Waals surface area (Å²) in [5.41, 5.74) is -1.07. The third-order valence-electron chi connectivity index (χ3n) is 2.80. The minimum absolute atomic E-state index is 0.200. The standard InChI is InChI=1S/C11H5F5N4S/c1-2-3-17-18-11-20(3)19-10(21-11)4-5(12)7(14)9(16)8(15)6(4)13/h2H2,1H3. The van der Waals surface area contributed by atoms with Crippen molar-refractivity contribution in [3.05, 3.63) is 34.9 Å². The van der Waals surface area contributed by atoms with Crippen LogP contribution in [-0.4, -0.2) is 19.8 Å². The van der Waals surface area contributed by atoms with Gasteiger partial charge in [-0.25, -0.2) is 22.0 Å². The minimum Gasteiger partial charge on any atom is -0.203 e. The van der Waals surface area contributed by atoms with Gasteiger partial charge in [-0.15, -0.1) is 10.2 Å². The van der Waals surface area contributed by atoms with Gasteiger partial charge in [0.2, 0.25) is 10.8 Å². The van der Waals surface area contributed by atoms with Crippen LogP contribution in [0.1, 0.15) is 12.7 Å². The summed E-state index contributed by atoms with van der Waals surface area (Å²) in [6.07, 6.45) is 0.446. The molecule has 0 spiro atoms. The van der Waals surface area contributed by atoms with E-state index in [4.69, 9.17) is 0 Å². The second-order valence-corrected chi connectivity index (χ2v) is 4.97. The molecule has 3 rings (SSSR count). The van der Waals surface area contributed by atoms with Crippen molar-refractivity contribution in [2.45, 2.75) is 13.3 Å². The lowest BCUT2D eigenvalue weighted by Gasteiger charge is -2.04. The number of fused-ring (bicyclic) bond motifs is 1. The predicted molar refractivity (Wildman–Crippen MR) is 63.3 cm³/mol. The Hall–Kier alpha value is -2.10. The van der Waals surface area contributed by atoms with Gasteiger partial charge in [0.05, 0.1) is 5.56 Å². The van der Waals surface area contributed by atoms with E-state index in [1.807, 2.05) is 0 Å². The van der Waals surface area contributed by atoms with Crippen molar-refractivity contribution in [3.8, 4) is 10.6 Å². The van der Waals surface area contributed by atoms with Crippen molar-refractivity contribution in [3.63, 3.8) is 0 Å². The quantitative estimate of drug-likeness (QED) is 0.414. The zero-order valence-electron chi connectivity index (χ0n) is 10.3. The van der Waals surface area contributed by atoms with E-state index in [2.05, 4.69) is 15.3 Å². The largest absolute Gasteiger partial charge is 0.234 e. The third kappa shape index (κ3) is 1.89. The third-order valence-corrected chi connectivity index (χ3v) is 3.71. The Labute approximate surface area is 117 Å². The summed E-state index contributed by atoms with van der Waals surface area (Å²) in [5, 5.41) is 11.0. The van der Waals surface area contributed by atoms with Crippen molar-refractivity contribution >= 4 is 16.3 Å². The van der Waals surface area contributed by atoms with Gasteiger partial charge in [-0.05, 0) is 0 Å². The molecular formula is C11H5F5N4S. The maximum absolute atomic E-state index is 13.7. The van der Waals surface area contributed by atoms with Crippen molar-refractivity contribution in [1.82, 2.24) is 19.8 Å². The lowest BCUT2D eigenvalue weighted by atomic mass is 10.2. The molecule has 21 heavy (non-hydrogen) atoms. The van der Waals surface area contributed by atoms with Crippen LogP contribution in [0.4, 0.5) is 22.0 Å². The summed E-state index contributed by atoms with van der Waals surface area (Å²) in [7, 11) is 0. The summed E-state index contributed by atoms with van der Waals surface area (Å²) in [4.78, 5) is 0.200. The Bertz CT molecular complexity index is 827. The summed E-state index contributed by atoms with van der Waals surface area (Å²) in [6.45, 7) is 1.76. The highest BCUT2D eigenvalue weighted by atomic mass is 32.1. The van der Waals surface area contributed by atoms with Gasteiger partial charge in [-0.3, -0.25) is 0 Å². The van der Waals surface area contributed by atoms with Crippen molar-refractivity contribution in [2.24, 2.45) is 0 Å². The highest BCUT2D eigenvalue weighted by Crippen LogP contribution is 2.33. The first kappa shape index (κ1) is 13.9. The van der Waals surface area contributed by atoms with E-state index in [0.717, 1.165) is 0 Å². The van der Waals surface area contributed by atoms with Crippen LogP contribution in [0.3, 0.4) is 0 Å². The van der Waals surface area contributed by atoms with Crippen LogP contribution < -0.4 is 0 Å². The van der Waals surface area contributed by atoms with Crippen molar-refractivity contribution in [1.29, 1.82) is 0 Å². The summed E-state index contributed by atoms with van der Waals surface area (Å²) in [6, 6.07) is 0. The molecular weight excluding hydrogens is 315 g/mol. The van der Waals surface area contributed by atoms with E-state index < -0.39 is 34.6 Å². The molecule has 4 nitrogen and oxygen atoms in total. The SMILES string of the molecule is CCc1nnc2sc(-c3c(F)c(F)c(F)c(F)c3F)nn12. The molecule has 110 valence electrons. The summed E-state index contributed by atoms with van der Waals surface area (Å²) in [5.74, 6) is -9.65. The number of hydrogen-bond donors (Lipinski definition) is 0. The number of nitrogens with zero attached hydrogens (tertiary/aromatic N) is 4. The molecule has 10 heteroatoms. The van der Waals surface area contributed by atoms with Crippen LogP contribution in [0, 0.1) is 29.1 Å². The smallest absolute Gasteiger partial charge is 0.203 e. The Morgan fingerprint density at radius 1 is 0.905 bits per heavy atom. The van der Waals surface area contributed by atoms with Crippen LogP contribution in [0.15, 0.2) is 0 Å². The molecule has 0 fully saturated rings. The first-order valence-electron chi connectivity index (χ1n) is 5.68. The molecule has 1 aromatic carbocycles. The fourth-order valence-corrected chi connectivity index (χ4v) is 2.66. The molecule has 0 radical (unpaired) electrons. The average molecular weight is 320 g/mol. The molecule has 0 saturated carbocycles. The molecule has 3 aromatic rings. The number of aromatic nitrogens is 4. The Morgan fingerprint density at radius 2 is 1.48 bits per heavy atom. The van der Waals surface area contributed by atoms with Crippen molar-refractivity contribution in [2.75, 3.05) is 0 Å². The number of hydrogen-bond acceptors (Lipinski definition) is 4. The zero-order chi connectivity index (χ0) is 15.3. The fourth-order valence-electron chi connectivity index (χ4n) is 1.77. The first-order valence-corrected chi connectivity index (χ1v) is 6.50. The van der Waals surface area contributed by atoms with Crippen LogP contribution >= 0.6 is 11.3 Å². The van der Waals surface area contributed by atoms with Crippen LogP contribution in [0.25, 0.3) is 15.5 Å². The number of aryl methyl sites for hydroxylation is 1. The molecule has 0 N–H and O–H groups in total. The molecule has 0 amide bonds. The maximum atomic E-state index is 13.7. The molecule has 0 aliphatic heterocycles. The monoisotopic (exact) mass is 320 g/mol. The van der Waals surface area contributed by atoms with Gasteiger partial charge in [0.15, 0.2) is 34.1 Å². The molecule has 2 aromatic heterocycles. The summed E-state index contributed by atoms with van der Waals surface area (Å²) >= 11 is 0.681. The van der Waals surface area contributed by atoms with E-state index in [1.54, 1.807) is 6.92 Å². The van der Waals surface area contributed by atoms with E-state index in [1.165, 1.54) is 4.52 Å². The highest BCUT2D eigenvalue weighted by Gasteiger charge is 2.29. The van der Waals surface area contributed by atoms with Gasteiger partial charge < -0.3 is 0 Å². The first-order chi connectivity index (χ1) is 9.95.